The van der Waals surface area contributed by atoms with E-state index in [-0.39, 0.29) is 6.54 Å². The quantitative estimate of drug-likeness (QED) is 0.778. The van der Waals surface area contributed by atoms with Crippen molar-refractivity contribution in [2.24, 2.45) is 0 Å². The summed E-state index contributed by atoms with van der Waals surface area (Å²) in [6.45, 7) is 3.60. The lowest BCUT2D eigenvalue weighted by Crippen LogP contribution is -2.37. The lowest BCUT2D eigenvalue weighted by molar-refractivity contribution is 0.245. The molecule has 0 saturated heterocycles. The van der Waals surface area contributed by atoms with Crippen molar-refractivity contribution in [1.29, 1.82) is 0 Å². The van der Waals surface area contributed by atoms with E-state index < -0.39 is 15.3 Å². The van der Waals surface area contributed by atoms with E-state index in [0.29, 0.717) is 5.82 Å². The lowest BCUT2D eigenvalue weighted by Gasteiger charge is -2.05. The standard InChI is InChI=1S/C8H11ClN4O3S/c1-5-3-6(2)12-7(11-5)4-10-8(14)13-17(9,15)16/h3H,4H2,1-2H3,(H2,10,13,14). The second-order valence-corrected chi connectivity index (χ2v) is 5.59. The highest BCUT2D eigenvalue weighted by Gasteiger charge is 2.10. The number of carbonyl (C=O) groups excluding carboxylic acids is 1. The first-order valence-electron chi connectivity index (χ1n) is 4.57. The van der Waals surface area contributed by atoms with Crippen LogP contribution < -0.4 is 10.0 Å². The van der Waals surface area contributed by atoms with Crippen LogP contribution in [-0.4, -0.2) is 24.4 Å². The third-order valence-corrected chi connectivity index (χ3v) is 2.31. The van der Waals surface area contributed by atoms with E-state index in [1.54, 1.807) is 24.6 Å². The lowest BCUT2D eigenvalue weighted by atomic mass is 10.3. The van der Waals surface area contributed by atoms with Crippen LogP contribution in [0.1, 0.15) is 17.2 Å². The molecule has 2 amide bonds. The van der Waals surface area contributed by atoms with E-state index in [4.69, 9.17) is 10.7 Å². The van der Waals surface area contributed by atoms with Crippen molar-refractivity contribution in [3.63, 3.8) is 0 Å². The summed E-state index contributed by atoms with van der Waals surface area (Å²) in [4.78, 5) is 19.2. The summed E-state index contributed by atoms with van der Waals surface area (Å²) in [5, 5.41) is 2.27. The van der Waals surface area contributed by atoms with Crippen LogP contribution in [0.5, 0.6) is 0 Å². The van der Waals surface area contributed by atoms with E-state index >= 15 is 0 Å². The number of amides is 2. The number of aromatic nitrogens is 2. The van der Waals surface area contributed by atoms with Gasteiger partial charge in [-0.1, -0.05) is 0 Å². The average Bonchev–Trinajstić information content (AvgIpc) is 2.10. The van der Waals surface area contributed by atoms with E-state index in [9.17, 15) is 13.2 Å². The Morgan fingerprint density at radius 2 is 1.88 bits per heavy atom. The van der Waals surface area contributed by atoms with Crippen LogP contribution in [0.2, 0.25) is 0 Å². The van der Waals surface area contributed by atoms with Crippen LogP contribution in [0.25, 0.3) is 0 Å². The minimum Gasteiger partial charge on any atom is -0.330 e. The number of nitrogens with zero attached hydrogens (tertiary/aromatic N) is 2. The number of urea groups is 1. The molecule has 1 rings (SSSR count). The highest BCUT2D eigenvalue weighted by Crippen LogP contribution is 1.98. The second-order valence-electron chi connectivity index (χ2n) is 3.29. The van der Waals surface area contributed by atoms with Crippen LogP contribution in [0, 0.1) is 13.8 Å². The summed E-state index contributed by atoms with van der Waals surface area (Å²) < 4.78 is 22.6. The fourth-order valence-electron chi connectivity index (χ4n) is 1.18. The zero-order valence-corrected chi connectivity index (χ0v) is 10.8. The highest BCUT2D eigenvalue weighted by atomic mass is 35.7. The fraction of sp³-hybridized carbons (Fsp3) is 0.375. The zero-order valence-electron chi connectivity index (χ0n) is 9.19. The molecule has 94 valence electrons. The van der Waals surface area contributed by atoms with E-state index in [1.807, 2.05) is 0 Å². The van der Waals surface area contributed by atoms with Crippen LogP contribution >= 0.6 is 10.7 Å². The predicted octanol–water partition coefficient (Wildman–Crippen LogP) is 0.376. The molecule has 0 radical (unpaired) electrons. The number of hydrogen-bond acceptors (Lipinski definition) is 5. The van der Waals surface area contributed by atoms with Gasteiger partial charge in [0, 0.05) is 22.1 Å². The average molecular weight is 279 g/mol. The van der Waals surface area contributed by atoms with Crippen molar-refractivity contribution >= 4 is 26.0 Å². The Kier molecular flexibility index (Phi) is 4.24. The number of halogens is 1. The van der Waals surface area contributed by atoms with Gasteiger partial charge in [-0.3, -0.25) is 0 Å². The SMILES string of the molecule is Cc1cc(C)nc(CNC(=O)NS(=O)(=O)Cl)n1. The smallest absolute Gasteiger partial charge is 0.329 e. The molecule has 9 heteroatoms. The third kappa shape index (κ3) is 5.45. The number of aryl methyl sites for hydroxylation is 2. The molecule has 0 saturated carbocycles. The molecule has 0 aliphatic heterocycles. The Hall–Kier alpha value is -1.41. The van der Waals surface area contributed by atoms with Gasteiger partial charge in [0.15, 0.2) is 0 Å². The van der Waals surface area contributed by atoms with Crippen molar-refractivity contribution in [3.05, 3.63) is 23.3 Å². The maximum atomic E-state index is 11.1. The summed E-state index contributed by atoms with van der Waals surface area (Å²) in [6.07, 6.45) is 0. The molecule has 0 unspecified atom stereocenters. The topological polar surface area (TPSA) is 101 Å². The molecule has 0 aromatic carbocycles. The molecule has 0 atom stereocenters. The van der Waals surface area contributed by atoms with Crippen molar-refractivity contribution in [2.45, 2.75) is 20.4 Å². The maximum absolute atomic E-state index is 11.1. The molecule has 1 aromatic heterocycles. The Bertz CT molecular complexity index is 511. The predicted molar refractivity (Wildman–Crippen MR) is 61.7 cm³/mol. The van der Waals surface area contributed by atoms with E-state index in [2.05, 4.69) is 15.3 Å². The van der Waals surface area contributed by atoms with Crippen LogP contribution in [-0.2, 0) is 15.8 Å². The van der Waals surface area contributed by atoms with Crippen LogP contribution in [0.3, 0.4) is 0 Å². The Morgan fingerprint density at radius 3 is 2.35 bits per heavy atom. The van der Waals surface area contributed by atoms with Gasteiger partial charge < -0.3 is 5.32 Å². The molecular formula is C8H11ClN4O3S. The van der Waals surface area contributed by atoms with Crippen LogP contribution in [0.4, 0.5) is 4.79 Å². The number of carbonyl (C=O) groups is 1. The zero-order chi connectivity index (χ0) is 13.1. The Balaban J connectivity index is 2.59. The monoisotopic (exact) mass is 278 g/mol. The first-order valence-corrected chi connectivity index (χ1v) is 6.88. The first kappa shape index (κ1) is 13.7. The third-order valence-electron chi connectivity index (χ3n) is 1.65. The van der Waals surface area contributed by atoms with Crippen molar-refractivity contribution in [3.8, 4) is 0 Å². The number of rotatable bonds is 3. The van der Waals surface area contributed by atoms with Gasteiger partial charge in [-0.2, -0.15) is 8.42 Å². The molecule has 2 N–H and O–H groups in total. The van der Waals surface area contributed by atoms with Gasteiger partial charge in [0.2, 0.25) is 0 Å². The van der Waals surface area contributed by atoms with Gasteiger partial charge in [-0.25, -0.2) is 19.5 Å². The van der Waals surface area contributed by atoms with Crippen LogP contribution in [0.15, 0.2) is 6.07 Å². The van der Waals surface area contributed by atoms with Crippen molar-refractivity contribution in [1.82, 2.24) is 20.0 Å². The molecule has 0 aliphatic carbocycles. The summed E-state index contributed by atoms with van der Waals surface area (Å²) >= 11 is 0. The fourth-order valence-corrected chi connectivity index (χ4v) is 1.69. The summed E-state index contributed by atoms with van der Waals surface area (Å²) in [7, 11) is 0.755. The minimum absolute atomic E-state index is 0.0146. The largest absolute Gasteiger partial charge is 0.330 e. The Morgan fingerprint density at radius 1 is 1.35 bits per heavy atom. The molecule has 17 heavy (non-hydrogen) atoms. The molecule has 1 heterocycles. The molecule has 0 fully saturated rings. The maximum Gasteiger partial charge on any atom is 0.329 e. The van der Waals surface area contributed by atoms with E-state index in [1.165, 1.54) is 0 Å². The summed E-state index contributed by atoms with van der Waals surface area (Å²) in [6, 6.07) is 0.857. The van der Waals surface area contributed by atoms with E-state index in [0.717, 1.165) is 11.4 Å². The number of hydrogen-bond donors (Lipinski definition) is 2. The number of nitrogens with one attached hydrogen (secondary N) is 2. The van der Waals surface area contributed by atoms with Gasteiger partial charge in [-0.15, -0.1) is 0 Å². The minimum atomic E-state index is -4.07. The summed E-state index contributed by atoms with van der Waals surface area (Å²) in [5.41, 5.74) is 1.53. The Labute approximate surface area is 103 Å². The molecule has 0 aliphatic rings. The molecular weight excluding hydrogens is 268 g/mol. The van der Waals surface area contributed by atoms with Crippen molar-refractivity contribution < 1.29 is 13.2 Å². The molecule has 0 spiro atoms. The van der Waals surface area contributed by atoms with Gasteiger partial charge in [-0.05, 0) is 19.9 Å². The van der Waals surface area contributed by atoms with Gasteiger partial charge in [0.05, 0.1) is 6.54 Å². The summed E-state index contributed by atoms with van der Waals surface area (Å²) in [5.74, 6) is 0.393. The molecule has 7 nitrogen and oxygen atoms in total. The van der Waals surface area contributed by atoms with Gasteiger partial charge >= 0.3 is 15.3 Å². The van der Waals surface area contributed by atoms with Gasteiger partial charge in [0.25, 0.3) is 0 Å². The normalized spacial score (nSPS) is 11.0. The first-order chi connectivity index (χ1) is 7.76. The van der Waals surface area contributed by atoms with Gasteiger partial charge in [0.1, 0.15) is 5.82 Å². The second kappa shape index (κ2) is 5.28. The molecule has 0 bridgehead atoms. The highest BCUT2D eigenvalue weighted by molar-refractivity contribution is 8.12. The van der Waals surface area contributed by atoms with Crippen molar-refractivity contribution in [2.75, 3.05) is 0 Å². The molecule has 1 aromatic rings.